The van der Waals surface area contributed by atoms with Gasteiger partial charge in [-0.2, -0.15) is 5.10 Å². The Kier molecular flexibility index (Phi) is 3.70. The minimum Gasteiger partial charge on any atom is -0.478 e. The first-order chi connectivity index (χ1) is 9.41. The number of carbonyl (C=O) groups is 1. The fraction of sp³-hybridized carbons (Fsp3) is 0.182. The normalized spacial score (nSPS) is 10.5. The maximum absolute atomic E-state index is 11.1. The van der Waals surface area contributed by atoms with Crippen LogP contribution >= 0.6 is 11.8 Å². The number of carboxylic acid groups (broad SMARTS) is 1. The minimum absolute atomic E-state index is 0.00866. The molecule has 0 fully saturated rings. The van der Waals surface area contributed by atoms with Gasteiger partial charge in [-0.25, -0.2) is 9.78 Å². The summed E-state index contributed by atoms with van der Waals surface area (Å²) in [6.45, 7) is 1.53. The van der Waals surface area contributed by atoms with E-state index in [1.807, 2.05) is 0 Å². The smallest absolute Gasteiger partial charge is 0.338 e. The van der Waals surface area contributed by atoms with Crippen LogP contribution in [0.4, 0.5) is 5.69 Å². The van der Waals surface area contributed by atoms with E-state index < -0.39 is 10.9 Å². The van der Waals surface area contributed by atoms with Crippen LogP contribution in [0.2, 0.25) is 0 Å². The van der Waals surface area contributed by atoms with Crippen molar-refractivity contribution in [3.05, 3.63) is 39.7 Å². The second-order valence-electron chi connectivity index (χ2n) is 3.88. The van der Waals surface area contributed by atoms with E-state index in [1.165, 1.54) is 29.9 Å². The molecule has 2 heterocycles. The van der Waals surface area contributed by atoms with Gasteiger partial charge >= 0.3 is 11.7 Å². The van der Waals surface area contributed by atoms with E-state index in [1.54, 1.807) is 7.05 Å². The van der Waals surface area contributed by atoms with Crippen LogP contribution in [-0.2, 0) is 7.05 Å². The van der Waals surface area contributed by atoms with Gasteiger partial charge in [-0.3, -0.25) is 14.8 Å². The molecule has 2 aromatic heterocycles. The van der Waals surface area contributed by atoms with Crippen molar-refractivity contribution in [2.45, 2.75) is 17.0 Å². The molecule has 0 aliphatic heterocycles. The van der Waals surface area contributed by atoms with Crippen molar-refractivity contribution < 1.29 is 14.8 Å². The maximum atomic E-state index is 11.1. The molecule has 8 nitrogen and oxygen atoms in total. The summed E-state index contributed by atoms with van der Waals surface area (Å²) in [6, 6.07) is 2.89. The fourth-order valence-electron chi connectivity index (χ4n) is 1.68. The first-order valence-corrected chi connectivity index (χ1v) is 6.27. The number of carboxylic acids is 1. The van der Waals surface area contributed by atoms with Crippen molar-refractivity contribution in [3.63, 3.8) is 0 Å². The highest BCUT2D eigenvalue weighted by Crippen LogP contribution is 2.36. The Labute approximate surface area is 117 Å². The predicted octanol–water partition coefficient (Wildman–Crippen LogP) is 1.88. The van der Waals surface area contributed by atoms with Gasteiger partial charge in [0, 0.05) is 13.2 Å². The highest BCUT2D eigenvalue weighted by molar-refractivity contribution is 7.99. The third-order valence-corrected chi connectivity index (χ3v) is 3.69. The highest BCUT2D eigenvalue weighted by Gasteiger charge is 2.26. The molecule has 0 unspecified atom stereocenters. The molecular formula is C11H10N4O4S. The first-order valence-electron chi connectivity index (χ1n) is 5.46. The molecule has 104 valence electrons. The van der Waals surface area contributed by atoms with Crippen molar-refractivity contribution in [2.24, 2.45) is 7.05 Å². The Morgan fingerprint density at radius 1 is 1.55 bits per heavy atom. The number of aryl methyl sites for hydroxylation is 2. The lowest BCUT2D eigenvalue weighted by Gasteiger charge is -2.04. The molecule has 0 radical (unpaired) electrons. The number of aromatic nitrogens is 3. The summed E-state index contributed by atoms with van der Waals surface area (Å²) >= 11 is 0.912. The van der Waals surface area contributed by atoms with Gasteiger partial charge in [0.25, 0.3) is 0 Å². The van der Waals surface area contributed by atoms with Gasteiger partial charge < -0.3 is 5.11 Å². The van der Waals surface area contributed by atoms with E-state index in [0.29, 0.717) is 0 Å². The number of aromatic carboxylic acids is 1. The van der Waals surface area contributed by atoms with Crippen molar-refractivity contribution in [1.82, 2.24) is 14.8 Å². The molecule has 1 N–H and O–H groups in total. The van der Waals surface area contributed by atoms with E-state index in [0.717, 1.165) is 11.8 Å². The summed E-state index contributed by atoms with van der Waals surface area (Å²) in [7, 11) is 1.56. The number of hydrogen-bond acceptors (Lipinski definition) is 6. The van der Waals surface area contributed by atoms with Crippen LogP contribution in [-0.4, -0.2) is 30.8 Å². The van der Waals surface area contributed by atoms with Crippen LogP contribution in [0.1, 0.15) is 16.1 Å². The topological polar surface area (TPSA) is 111 Å². The van der Waals surface area contributed by atoms with Crippen LogP contribution in [0.15, 0.2) is 28.4 Å². The molecular weight excluding hydrogens is 284 g/mol. The van der Waals surface area contributed by atoms with Crippen LogP contribution in [0.3, 0.4) is 0 Å². The van der Waals surface area contributed by atoms with Gasteiger partial charge in [0.05, 0.1) is 10.5 Å². The Bertz CT molecular complexity index is 698. The molecule has 0 atom stereocenters. The van der Waals surface area contributed by atoms with E-state index in [4.69, 9.17) is 5.11 Å². The Hall–Kier alpha value is -2.42. The Morgan fingerprint density at radius 2 is 2.25 bits per heavy atom. The number of nitrogens with zero attached hydrogens (tertiary/aromatic N) is 4. The number of hydrogen-bond donors (Lipinski definition) is 1. The largest absolute Gasteiger partial charge is 0.478 e. The van der Waals surface area contributed by atoms with Crippen molar-refractivity contribution in [3.8, 4) is 0 Å². The monoisotopic (exact) mass is 294 g/mol. The summed E-state index contributed by atoms with van der Waals surface area (Å²) < 4.78 is 1.35. The molecule has 0 bridgehead atoms. The summed E-state index contributed by atoms with van der Waals surface area (Å²) in [6.07, 6.45) is 1.43. The molecule has 0 aliphatic carbocycles. The first kappa shape index (κ1) is 14.0. The molecule has 2 aromatic rings. The molecule has 9 heteroatoms. The highest BCUT2D eigenvalue weighted by atomic mass is 32.2. The van der Waals surface area contributed by atoms with Crippen LogP contribution in [0.5, 0.6) is 0 Å². The average molecular weight is 294 g/mol. The Balaban J connectivity index is 2.51. The molecule has 0 aliphatic rings. The fourth-order valence-corrected chi connectivity index (χ4v) is 2.73. The third-order valence-electron chi connectivity index (χ3n) is 2.52. The number of nitro groups is 1. The molecule has 2 rings (SSSR count). The zero-order chi connectivity index (χ0) is 14.9. The van der Waals surface area contributed by atoms with E-state index >= 15 is 0 Å². The quantitative estimate of drug-likeness (QED) is 0.676. The SMILES string of the molecule is Cc1nn(C)c(Sc2ncccc2C(=O)O)c1[N+](=O)[O-]. The molecule has 0 saturated heterocycles. The molecule has 0 saturated carbocycles. The second-order valence-corrected chi connectivity index (χ2v) is 4.86. The number of pyridine rings is 1. The van der Waals surface area contributed by atoms with Crippen molar-refractivity contribution >= 4 is 23.4 Å². The van der Waals surface area contributed by atoms with E-state index in [9.17, 15) is 14.9 Å². The zero-order valence-electron chi connectivity index (χ0n) is 10.6. The van der Waals surface area contributed by atoms with Crippen molar-refractivity contribution in [2.75, 3.05) is 0 Å². The van der Waals surface area contributed by atoms with Crippen LogP contribution < -0.4 is 0 Å². The van der Waals surface area contributed by atoms with Gasteiger partial charge in [0.1, 0.15) is 10.7 Å². The predicted molar refractivity (Wildman–Crippen MR) is 69.9 cm³/mol. The minimum atomic E-state index is -1.14. The Morgan fingerprint density at radius 3 is 2.85 bits per heavy atom. The van der Waals surface area contributed by atoms with Gasteiger partial charge in [-0.15, -0.1) is 0 Å². The molecule has 20 heavy (non-hydrogen) atoms. The van der Waals surface area contributed by atoms with Crippen molar-refractivity contribution in [1.29, 1.82) is 0 Å². The summed E-state index contributed by atoms with van der Waals surface area (Å²) in [4.78, 5) is 25.6. The molecule has 0 spiro atoms. The van der Waals surface area contributed by atoms with E-state index in [-0.39, 0.29) is 27.0 Å². The summed E-state index contributed by atoms with van der Waals surface area (Å²) in [5, 5.41) is 24.6. The maximum Gasteiger partial charge on any atom is 0.338 e. The lowest BCUT2D eigenvalue weighted by molar-refractivity contribution is -0.388. The summed E-state index contributed by atoms with van der Waals surface area (Å²) in [5.41, 5.74) is 0.123. The second kappa shape index (κ2) is 5.29. The van der Waals surface area contributed by atoms with Gasteiger partial charge in [0.2, 0.25) is 0 Å². The lowest BCUT2D eigenvalue weighted by Crippen LogP contribution is -2.02. The molecule has 0 amide bonds. The van der Waals surface area contributed by atoms with E-state index in [2.05, 4.69) is 10.1 Å². The average Bonchev–Trinajstić information content (AvgIpc) is 2.64. The molecule has 0 aromatic carbocycles. The van der Waals surface area contributed by atoms with Gasteiger partial charge in [0.15, 0.2) is 5.03 Å². The standard InChI is InChI=1S/C11H10N4O4S/c1-6-8(15(18)19)10(14(2)13-6)20-9-7(11(16)17)4-3-5-12-9/h3-5H,1-2H3,(H,16,17). The lowest BCUT2D eigenvalue weighted by atomic mass is 10.3. The zero-order valence-corrected chi connectivity index (χ0v) is 11.4. The van der Waals surface area contributed by atoms with Crippen LogP contribution in [0.25, 0.3) is 0 Å². The third kappa shape index (κ3) is 2.48. The van der Waals surface area contributed by atoms with Gasteiger partial charge in [-0.1, -0.05) is 0 Å². The van der Waals surface area contributed by atoms with Crippen LogP contribution in [0, 0.1) is 17.0 Å². The number of rotatable bonds is 4. The van der Waals surface area contributed by atoms with Gasteiger partial charge in [-0.05, 0) is 30.8 Å². The summed E-state index contributed by atoms with van der Waals surface area (Å²) in [5.74, 6) is -1.14.